The number of hydrogen-bond donors (Lipinski definition) is 0. The first-order valence-corrected chi connectivity index (χ1v) is 20.9. The molecule has 15 aromatic rings. The van der Waals surface area contributed by atoms with Crippen molar-refractivity contribution in [1.82, 2.24) is 0 Å². The molecule has 0 aromatic heterocycles. The molecular formula is C60H42Bi2. The first-order valence-electron chi connectivity index (χ1n) is 20.9. The molecule has 0 aliphatic heterocycles. The molecule has 15 aromatic carbocycles. The van der Waals surface area contributed by atoms with E-state index in [-0.39, 0.29) is 52.4 Å². The Bertz CT molecular complexity index is 3190. The molecule has 0 bridgehead atoms. The zero-order valence-electron chi connectivity index (χ0n) is 34.2. The monoisotopic (exact) mass is 1180 g/mol. The Morgan fingerprint density at radius 3 is 0.323 bits per heavy atom. The second-order valence-corrected chi connectivity index (χ2v) is 16.3. The van der Waals surface area contributed by atoms with E-state index in [0.717, 1.165) is 0 Å². The Kier molecular flexibility index (Phi) is 9.65. The van der Waals surface area contributed by atoms with Gasteiger partial charge in [-0.15, -0.1) is 0 Å². The Hall–Kier alpha value is -6.03. The van der Waals surface area contributed by atoms with Crippen molar-refractivity contribution < 1.29 is 0 Å². The van der Waals surface area contributed by atoms with E-state index in [1.807, 2.05) is 0 Å². The molecule has 2 heteroatoms. The average molecular weight is 1180 g/mol. The zero-order chi connectivity index (χ0) is 39.3. The Balaban J connectivity index is 0.000000103. The SMILES string of the molecule is [BiH3].[BiH3].c1cc2cccc3c4cccc5cccc(c(c1)c23)c54.c1cc2cccc3c4cccc5cccc(c(c1)c23)c54.c1cc2cccc3c4cccc5cccc(c(c1)c23)c54. The smallest absolute Gasteiger partial charge is 0.00264 e. The van der Waals surface area contributed by atoms with Crippen molar-refractivity contribution in [2.24, 2.45) is 0 Å². The predicted molar refractivity (Wildman–Crippen MR) is 283 cm³/mol. The predicted octanol–water partition coefficient (Wildman–Crippen LogP) is 14.8. The molecule has 0 radical (unpaired) electrons. The molecule has 0 saturated heterocycles. The van der Waals surface area contributed by atoms with Crippen molar-refractivity contribution in [2.45, 2.75) is 0 Å². The Labute approximate surface area is 396 Å². The summed E-state index contributed by atoms with van der Waals surface area (Å²) < 4.78 is 0. The fourth-order valence-electron chi connectivity index (χ4n) is 10.7. The molecule has 0 aliphatic carbocycles. The van der Waals surface area contributed by atoms with Crippen molar-refractivity contribution in [3.63, 3.8) is 0 Å². The van der Waals surface area contributed by atoms with Gasteiger partial charge < -0.3 is 0 Å². The van der Waals surface area contributed by atoms with E-state index >= 15 is 0 Å². The quantitative estimate of drug-likeness (QED) is 0.0806. The van der Waals surface area contributed by atoms with Crippen LogP contribution in [0.5, 0.6) is 0 Å². The first-order chi connectivity index (χ1) is 29.8. The van der Waals surface area contributed by atoms with E-state index in [1.54, 1.807) is 0 Å². The van der Waals surface area contributed by atoms with Gasteiger partial charge in [-0.2, -0.15) is 0 Å². The van der Waals surface area contributed by atoms with Crippen molar-refractivity contribution in [2.75, 3.05) is 0 Å². The van der Waals surface area contributed by atoms with Crippen LogP contribution >= 0.6 is 0 Å². The van der Waals surface area contributed by atoms with Crippen LogP contribution in [0.4, 0.5) is 0 Å². The fourth-order valence-corrected chi connectivity index (χ4v) is 10.7. The number of fused-ring (bicyclic) bond motifs is 6. The molecule has 0 amide bonds. The van der Waals surface area contributed by atoms with Crippen LogP contribution < -0.4 is 0 Å². The van der Waals surface area contributed by atoms with Crippen LogP contribution in [0.25, 0.3) is 129 Å². The molecule has 292 valence electrons. The van der Waals surface area contributed by atoms with Crippen molar-refractivity contribution in [1.29, 1.82) is 0 Å². The minimum Gasteiger partial charge on any atom is -0.0610 e. The molecular weight excluding hydrogens is 1140 g/mol. The molecule has 0 heterocycles. The normalized spacial score (nSPS) is 11.6. The van der Waals surface area contributed by atoms with Crippen LogP contribution in [0, 0.1) is 0 Å². The molecule has 0 atom stereocenters. The summed E-state index contributed by atoms with van der Waals surface area (Å²) in [7, 11) is 0. The van der Waals surface area contributed by atoms with Gasteiger partial charge in [-0.25, -0.2) is 0 Å². The summed E-state index contributed by atoms with van der Waals surface area (Å²) in [5, 5.41) is 32.7. The molecule has 0 N–H and O–H groups in total. The van der Waals surface area contributed by atoms with Gasteiger partial charge in [-0.1, -0.05) is 218 Å². The Morgan fingerprint density at radius 2 is 0.226 bits per heavy atom. The number of benzene rings is 15. The molecule has 0 spiro atoms. The van der Waals surface area contributed by atoms with Crippen molar-refractivity contribution >= 4 is 182 Å². The van der Waals surface area contributed by atoms with Gasteiger partial charge in [-0.05, 0) is 129 Å². The molecule has 15 rings (SSSR count). The maximum Gasteiger partial charge on any atom is -0.00264 e. The molecule has 62 heavy (non-hydrogen) atoms. The topological polar surface area (TPSA) is 0 Å². The van der Waals surface area contributed by atoms with Gasteiger partial charge in [0.05, 0.1) is 0 Å². The van der Waals surface area contributed by atoms with Crippen LogP contribution in [-0.4, -0.2) is 52.4 Å². The van der Waals surface area contributed by atoms with Gasteiger partial charge in [0.2, 0.25) is 0 Å². The summed E-state index contributed by atoms with van der Waals surface area (Å²) in [6.45, 7) is 0. The van der Waals surface area contributed by atoms with Gasteiger partial charge in [0.25, 0.3) is 0 Å². The minimum atomic E-state index is 0. The molecule has 0 fully saturated rings. The van der Waals surface area contributed by atoms with Crippen LogP contribution in [-0.2, 0) is 0 Å². The van der Waals surface area contributed by atoms with Crippen molar-refractivity contribution in [3.8, 4) is 0 Å². The number of hydrogen-bond acceptors (Lipinski definition) is 0. The molecule has 0 nitrogen and oxygen atoms in total. The summed E-state index contributed by atoms with van der Waals surface area (Å²) in [6.07, 6.45) is 0. The van der Waals surface area contributed by atoms with E-state index in [2.05, 4.69) is 218 Å². The fraction of sp³-hybridized carbons (Fsp3) is 0. The second-order valence-electron chi connectivity index (χ2n) is 16.3. The third-order valence-corrected chi connectivity index (χ3v) is 13.2. The molecule has 0 aliphatic rings. The zero-order valence-corrected chi connectivity index (χ0v) is 45.2. The standard InChI is InChI=1S/3C20H12.2Bi.6H/c3*1-5-13-6-2-11-17-18-12-4-8-14-7-3-10-16(20(14)18)15(9-1)19(13)17;;;;;;;;/h3*1-12H;;;;;;;;. The van der Waals surface area contributed by atoms with Crippen molar-refractivity contribution in [3.05, 3.63) is 218 Å². The van der Waals surface area contributed by atoms with Crippen LogP contribution in [0.3, 0.4) is 0 Å². The van der Waals surface area contributed by atoms with Gasteiger partial charge in [-0.3, -0.25) is 0 Å². The van der Waals surface area contributed by atoms with E-state index in [0.29, 0.717) is 0 Å². The first kappa shape index (κ1) is 38.9. The minimum absolute atomic E-state index is 0. The van der Waals surface area contributed by atoms with Gasteiger partial charge in [0.1, 0.15) is 0 Å². The number of rotatable bonds is 0. The molecule has 0 saturated carbocycles. The summed E-state index contributed by atoms with van der Waals surface area (Å²) >= 11 is 0. The third kappa shape index (κ3) is 5.77. The maximum absolute atomic E-state index is 2.25. The maximum atomic E-state index is 2.25. The third-order valence-electron chi connectivity index (χ3n) is 13.2. The van der Waals surface area contributed by atoms with Gasteiger partial charge >= 0.3 is 52.4 Å². The second kappa shape index (κ2) is 15.4. The van der Waals surface area contributed by atoms with Crippen LogP contribution in [0.15, 0.2) is 218 Å². The van der Waals surface area contributed by atoms with E-state index in [9.17, 15) is 0 Å². The summed E-state index contributed by atoms with van der Waals surface area (Å²) in [4.78, 5) is 0. The molecule has 0 unspecified atom stereocenters. The van der Waals surface area contributed by atoms with E-state index in [1.165, 1.54) is 129 Å². The van der Waals surface area contributed by atoms with Gasteiger partial charge in [0, 0.05) is 0 Å². The largest absolute Gasteiger partial charge is 0.0610 e. The van der Waals surface area contributed by atoms with E-state index < -0.39 is 0 Å². The summed E-state index contributed by atoms with van der Waals surface area (Å²) in [5.41, 5.74) is 0. The van der Waals surface area contributed by atoms with Gasteiger partial charge in [0.15, 0.2) is 0 Å². The summed E-state index contributed by atoms with van der Waals surface area (Å²) in [6, 6.07) is 79.3. The summed E-state index contributed by atoms with van der Waals surface area (Å²) in [5.74, 6) is 0. The Morgan fingerprint density at radius 1 is 0.129 bits per heavy atom. The van der Waals surface area contributed by atoms with Crippen LogP contribution in [0.1, 0.15) is 0 Å². The average Bonchev–Trinajstić information content (AvgIpc) is 3.32. The van der Waals surface area contributed by atoms with E-state index in [4.69, 9.17) is 0 Å². The van der Waals surface area contributed by atoms with Crippen LogP contribution in [0.2, 0.25) is 0 Å².